The molecule has 1 fully saturated rings. The van der Waals surface area contributed by atoms with Gasteiger partial charge in [0.1, 0.15) is 4.21 Å². The first-order valence-electron chi connectivity index (χ1n) is 7.03. The molecule has 0 aliphatic carbocycles. The Bertz CT molecular complexity index is 641. The van der Waals surface area contributed by atoms with Crippen LogP contribution in [-0.4, -0.2) is 55.8 Å². The second kappa shape index (κ2) is 8.13. The van der Waals surface area contributed by atoms with Crippen molar-refractivity contribution in [3.63, 3.8) is 0 Å². The largest absolute Gasteiger partial charge is 0.340 e. The van der Waals surface area contributed by atoms with Gasteiger partial charge in [0.05, 0.1) is 10.3 Å². The van der Waals surface area contributed by atoms with Gasteiger partial charge in [-0.1, -0.05) is 18.5 Å². The van der Waals surface area contributed by atoms with E-state index in [1.54, 1.807) is 24.8 Å². The highest BCUT2D eigenvalue weighted by molar-refractivity contribution is 7.91. The van der Waals surface area contributed by atoms with E-state index < -0.39 is 10.0 Å². The zero-order valence-corrected chi connectivity index (χ0v) is 16.1. The van der Waals surface area contributed by atoms with Gasteiger partial charge < -0.3 is 10.6 Å². The Morgan fingerprint density at radius 1 is 1.26 bits per heavy atom. The molecule has 0 bridgehead atoms. The third-order valence-corrected chi connectivity index (χ3v) is 7.47. The second-order valence-corrected chi connectivity index (χ2v) is 9.32. The second-order valence-electron chi connectivity index (χ2n) is 5.44. The number of halogens is 2. The van der Waals surface area contributed by atoms with E-state index in [1.165, 1.54) is 10.4 Å². The summed E-state index contributed by atoms with van der Waals surface area (Å²) in [6.45, 7) is 4.93. The van der Waals surface area contributed by atoms with Crippen LogP contribution in [0.5, 0.6) is 0 Å². The topological polar surface area (TPSA) is 83.7 Å². The lowest BCUT2D eigenvalue weighted by Gasteiger charge is -2.35. The standard InChI is InChI=1S/C13H20ClN3O3S2.ClH/c1-9(10(2)15)13(18)16-5-7-17(8-6-16)22(19,20)12-4-3-11(14)21-12;/h3-4,9-10H,5-8,15H2,1-2H3;1H. The van der Waals surface area contributed by atoms with Crippen molar-refractivity contribution in [2.45, 2.75) is 24.1 Å². The molecular formula is C13H21Cl2N3O3S2. The molecule has 2 rings (SSSR count). The van der Waals surface area contributed by atoms with E-state index in [4.69, 9.17) is 17.3 Å². The monoisotopic (exact) mass is 401 g/mol. The molecule has 132 valence electrons. The van der Waals surface area contributed by atoms with Gasteiger partial charge in [0.15, 0.2) is 0 Å². The predicted octanol–water partition coefficient (Wildman–Crippen LogP) is 1.64. The minimum Gasteiger partial charge on any atom is -0.340 e. The lowest BCUT2D eigenvalue weighted by atomic mass is 10.0. The van der Waals surface area contributed by atoms with Crippen LogP contribution in [-0.2, 0) is 14.8 Å². The van der Waals surface area contributed by atoms with Crippen molar-refractivity contribution in [3.05, 3.63) is 16.5 Å². The highest BCUT2D eigenvalue weighted by Gasteiger charge is 2.32. The van der Waals surface area contributed by atoms with E-state index in [-0.39, 0.29) is 47.6 Å². The quantitative estimate of drug-likeness (QED) is 0.830. The van der Waals surface area contributed by atoms with Crippen molar-refractivity contribution in [2.24, 2.45) is 11.7 Å². The third-order valence-electron chi connectivity index (χ3n) is 3.87. The van der Waals surface area contributed by atoms with Crippen LogP contribution in [0, 0.1) is 5.92 Å². The number of amides is 1. The van der Waals surface area contributed by atoms with Gasteiger partial charge in [0.25, 0.3) is 10.0 Å². The molecule has 10 heteroatoms. The SMILES string of the molecule is CC(N)C(C)C(=O)N1CCN(S(=O)(=O)c2ccc(Cl)s2)CC1.Cl. The number of thiophene rings is 1. The number of carbonyl (C=O) groups is 1. The number of hydrogen-bond donors (Lipinski definition) is 1. The molecule has 1 aliphatic heterocycles. The van der Waals surface area contributed by atoms with Crippen molar-refractivity contribution in [1.29, 1.82) is 0 Å². The third kappa shape index (κ3) is 4.58. The number of nitrogens with zero attached hydrogens (tertiary/aromatic N) is 2. The average molecular weight is 402 g/mol. The summed E-state index contributed by atoms with van der Waals surface area (Å²) in [5, 5.41) is 0. The molecule has 23 heavy (non-hydrogen) atoms. The predicted molar refractivity (Wildman–Crippen MR) is 94.7 cm³/mol. The molecule has 0 radical (unpaired) electrons. The molecule has 6 nitrogen and oxygen atoms in total. The molecule has 1 saturated heterocycles. The number of rotatable bonds is 4. The maximum Gasteiger partial charge on any atom is 0.252 e. The number of carbonyl (C=O) groups excluding carboxylic acids is 1. The smallest absolute Gasteiger partial charge is 0.252 e. The van der Waals surface area contributed by atoms with Crippen LogP contribution in [0.25, 0.3) is 0 Å². The normalized spacial score (nSPS) is 19.0. The fraction of sp³-hybridized carbons (Fsp3) is 0.615. The Hall–Kier alpha value is -0.380. The van der Waals surface area contributed by atoms with E-state index in [1.807, 2.05) is 0 Å². The molecule has 0 saturated carbocycles. The van der Waals surface area contributed by atoms with Gasteiger partial charge in [-0.15, -0.1) is 23.7 Å². The summed E-state index contributed by atoms with van der Waals surface area (Å²) in [7, 11) is -3.52. The average Bonchev–Trinajstić information content (AvgIpc) is 2.93. The minimum atomic E-state index is -3.52. The van der Waals surface area contributed by atoms with Gasteiger partial charge in [0.2, 0.25) is 5.91 Å². The number of piperazine rings is 1. The summed E-state index contributed by atoms with van der Waals surface area (Å²) in [5.41, 5.74) is 5.75. The van der Waals surface area contributed by atoms with Crippen LogP contribution in [0.1, 0.15) is 13.8 Å². The molecule has 2 unspecified atom stereocenters. The Kier molecular flexibility index (Phi) is 7.31. The fourth-order valence-corrected chi connectivity index (χ4v) is 5.28. The molecule has 1 aliphatic rings. The van der Waals surface area contributed by atoms with E-state index >= 15 is 0 Å². The maximum absolute atomic E-state index is 12.5. The van der Waals surface area contributed by atoms with Gasteiger partial charge >= 0.3 is 0 Å². The van der Waals surface area contributed by atoms with Crippen LogP contribution in [0.4, 0.5) is 0 Å². The molecule has 1 amide bonds. The van der Waals surface area contributed by atoms with Crippen molar-refractivity contribution < 1.29 is 13.2 Å². The number of sulfonamides is 1. The number of nitrogens with two attached hydrogens (primary N) is 1. The van der Waals surface area contributed by atoms with Crippen LogP contribution >= 0.6 is 35.3 Å². The van der Waals surface area contributed by atoms with E-state index in [9.17, 15) is 13.2 Å². The lowest BCUT2D eigenvalue weighted by molar-refractivity contribution is -0.136. The van der Waals surface area contributed by atoms with Gasteiger partial charge in [-0.25, -0.2) is 8.42 Å². The summed E-state index contributed by atoms with van der Waals surface area (Å²) in [5.74, 6) is -0.287. The highest BCUT2D eigenvalue weighted by Crippen LogP contribution is 2.28. The highest BCUT2D eigenvalue weighted by atomic mass is 35.5. The van der Waals surface area contributed by atoms with Crippen LogP contribution < -0.4 is 5.73 Å². The Morgan fingerprint density at radius 2 is 1.83 bits per heavy atom. The van der Waals surface area contributed by atoms with Crippen molar-refractivity contribution in [1.82, 2.24) is 9.21 Å². The fourth-order valence-electron chi connectivity index (χ4n) is 2.23. The van der Waals surface area contributed by atoms with Crippen LogP contribution in [0.2, 0.25) is 4.34 Å². The molecule has 1 aromatic rings. The van der Waals surface area contributed by atoms with Crippen molar-refractivity contribution in [2.75, 3.05) is 26.2 Å². The zero-order chi connectivity index (χ0) is 16.5. The van der Waals surface area contributed by atoms with Crippen LogP contribution in [0.15, 0.2) is 16.3 Å². The van der Waals surface area contributed by atoms with Crippen molar-refractivity contribution in [3.8, 4) is 0 Å². The Morgan fingerprint density at radius 3 is 2.26 bits per heavy atom. The zero-order valence-electron chi connectivity index (χ0n) is 12.9. The summed E-state index contributed by atoms with van der Waals surface area (Å²) in [6, 6.07) is 2.86. The summed E-state index contributed by atoms with van der Waals surface area (Å²) < 4.78 is 27.0. The molecule has 1 aromatic heterocycles. The molecule has 0 aromatic carbocycles. The Balaban J connectivity index is 0.00000264. The van der Waals surface area contributed by atoms with Gasteiger partial charge in [0, 0.05) is 32.2 Å². The van der Waals surface area contributed by atoms with Gasteiger partial charge in [-0.05, 0) is 19.1 Å². The first-order valence-corrected chi connectivity index (χ1v) is 9.67. The molecular weight excluding hydrogens is 381 g/mol. The molecule has 2 atom stereocenters. The van der Waals surface area contributed by atoms with E-state index in [0.29, 0.717) is 17.4 Å². The summed E-state index contributed by atoms with van der Waals surface area (Å²) in [6.07, 6.45) is 0. The minimum absolute atomic E-state index is 0. The molecule has 2 N–H and O–H groups in total. The van der Waals surface area contributed by atoms with E-state index in [2.05, 4.69) is 0 Å². The molecule has 2 heterocycles. The lowest BCUT2D eigenvalue weighted by Crippen LogP contribution is -2.53. The van der Waals surface area contributed by atoms with Gasteiger partial charge in [-0.3, -0.25) is 4.79 Å². The number of hydrogen-bond acceptors (Lipinski definition) is 5. The van der Waals surface area contributed by atoms with Gasteiger partial charge in [-0.2, -0.15) is 4.31 Å². The van der Waals surface area contributed by atoms with E-state index in [0.717, 1.165) is 11.3 Å². The maximum atomic E-state index is 12.5. The van der Waals surface area contributed by atoms with Crippen LogP contribution in [0.3, 0.4) is 0 Å². The summed E-state index contributed by atoms with van der Waals surface area (Å²) >= 11 is 6.85. The first-order chi connectivity index (χ1) is 10.2. The molecule has 0 spiro atoms. The Labute approximate surface area is 152 Å². The summed E-state index contributed by atoms with van der Waals surface area (Å²) in [4.78, 5) is 13.9. The first kappa shape index (κ1) is 20.7. The van der Waals surface area contributed by atoms with Crippen molar-refractivity contribution >= 4 is 51.3 Å².